The first-order valence-electron chi connectivity index (χ1n) is 3.92. The van der Waals surface area contributed by atoms with Gasteiger partial charge in [0.1, 0.15) is 0 Å². The van der Waals surface area contributed by atoms with Gasteiger partial charge >= 0.3 is 5.69 Å². The first kappa shape index (κ1) is 6.58. The molecule has 0 unspecified atom stereocenters. The molecule has 2 rings (SSSR count). The molecule has 0 spiro atoms. The molecule has 1 heterocycles. The number of nitrogens with one attached hydrogen (secondary N) is 1. The lowest BCUT2D eigenvalue weighted by atomic mass is 9.83. The fourth-order valence-electron chi connectivity index (χ4n) is 1.32. The molecule has 3 nitrogen and oxygen atoms in total. The molecule has 0 radical (unpaired) electrons. The van der Waals surface area contributed by atoms with Crippen molar-refractivity contribution in [3.8, 4) is 0 Å². The molecule has 58 valence electrons. The van der Waals surface area contributed by atoms with Gasteiger partial charge < -0.3 is 4.98 Å². The smallest absolute Gasteiger partial charge is 0.313 e. The van der Waals surface area contributed by atoms with Crippen molar-refractivity contribution in [2.45, 2.75) is 25.2 Å². The van der Waals surface area contributed by atoms with Crippen molar-refractivity contribution in [1.29, 1.82) is 0 Å². The van der Waals surface area contributed by atoms with E-state index < -0.39 is 0 Å². The summed E-state index contributed by atoms with van der Waals surface area (Å²) in [5.74, 6) is 0.553. The highest BCUT2D eigenvalue weighted by Crippen LogP contribution is 2.34. The Bertz CT molecular complexity index is 301. The van der Waals surface area contributed by atoms with Gasteiger partial charge in [-0.25, -0.2) is 4.79 Å². The van der Waals surface area contributed by atoms with Crippen LogP contribution >= 0.6 is 0 Å². The van der Waals surface area contributed by atoms with Gasteiger partial charge in [-0.1, -0.05) is 6.42 Å². The molecule has 11 heavy (non-hydrogen) atoms. The third-order valence-electron chi connectivity index (χ3n) is 2.21. The van der Waals surface area contributed by atoms with Crippen LogP contribution in [0.25, 0.3) is 0 Å². The SMILES string of the molecule is O=c1nc(C2CCC2)cc[nH]1. The van der Waals surface area contributed by atoms with Crippen molar-refractivity contribution in [2.75, 3.05) is 0 Å². The van der Waals surface area contributed by atoms with E-state index in [1.165, 1.54) is 19.3 Å². The lowest BCUT2D eigenvalue weighted by Crippen LogP contribution is -2.17. The van der Waals surface area contributed by atoms with Gasteiger partial charge in [0.05, 0.1) is 5.69 Å². The van der Waals surface area contributed by atoms with E-state index in [-0.39, 0.29) is 5.69 Å². The van der Waals surface area contributed by atoms with E-state index in [1.54, 1.807) is 6.20 Å². The van der Waals surface area contributed by atoms with E-state index in [4.69, 9.17) is 0 Å². The van der Waals surface area contributed by atoms with Gasteiger partial charge in [-0.2, -0.15) is 4.98 Å². The zero-order chi connectivity index (χ0) is 7.68. The number of hydrogen-bond acceptors (Lipinski definition) is 2. The molecule has 1 N–H and O–H groups in total. The van der Waals surface area contributed by atoms with Crippen molar-refractivity contribution >= 4 is 0 Å². The average Bonchev–Trinajstić information content (AvgIpc) is 1.83. The van der Waals surface area contributed by atoms with Gasteiger partial charge in [0.15, 0.2) is 0 Å². The molecule has 0 amide bonds. The molecular weight excluding hydrogens is 140 g/mol. The highest BCUT2D eigenvalue weighted by molar-refractivity contribution is 5.08. The number of aromatic amines is 1. The van der Waals surface area contributed by atoms with Crippen LogP contribution in [-0.2, 0) is 0 Å². The Kier molecular flexibility index (Phi) is 1.49. The molecular formula is C8H10N2O. The van der Waals surface area contributed by atoms with Crippen LogP contribution in [-0.4, -0.2) is 9.97 Å². The Labute approximate surface area is 64.5 Å². The molecule has 1 saturated carbocycles. The minimum Gasteiger partial charge on any atom is -0.313 e. The third-order valence-corrected chi connectivity index (χ3v) is 2.21. The van der Waals surface area contributed by atoms with Crippen LogP contribution in [0.3, 0.4) is 0 Å². The number of H-pyrrole nitrogens is 1. The van der Waals surface area contributed by atoms with Gasteiger partial charge in [-0.3, -0.25) is 0 Å². The molecule has 3 heteroatoms. The standard InChI is InChI=1S/C8H10N2O/c11-8-9-5-4-7(10-8)6-2-1-3-6/h4-6H,1-3H2,(H,9,10,11). The summed E-state index contributed by atoms with van der Waals surface area (Å²) in [6, 6.07) is 1.89. The fourth-order valence-corrected chi connectivity index (χ4v) is 1.32. The molecule has 1 aromatic heterocycles. The zero-order valence-corrected chi connectivity index (χ0v) is 6.21. The van der Waals surface area contributed by atoms with Crippen LogP contribution in [0.5, 0.6) is 0 Å². The van der Waals surface area contributed by atoms with E-state index >= 15 is 0 Å². The van der Waals surface area contributed by atoms with E-state index in [9.17, 15) is 4.79 Å². The Morgan fingerprint density at radius 1 is 1.55 bits per heavy atom. The van der Waals surface area contributed by atoms with Crippen LogP contribution in [0.1, 0.15) is 30.9 Å². The maximum atomic E-state index is 10.8. The monoisotopic (exact) mass is 150 g/mol. The summed E-state index contributed by atoms with van der Waals surface area (Å²) in [5, 5.41) is 0. The van der Waals surface area contributed by atoms with Crippen molar-refractivity contribution in [1.82, 2.24) is 9.97 Å². The van der Waals surface area contributed by atoms with E-state index in [1.807, 2.05) is 6.07 Å². The van der Waals surface area contributed by atoms with E-state index in [0.29, 0.717) is 5.92 Å². The second kappa shape index (κ2) is 2.49. The van der Waals surface area contributed by atoms with Crippen LogP contribution in [0, 0.1) is 0 Å². The summed E-state index contributed by atoms with van der Waals surface area (Å²) in [6.45, 7) is 0. The molecule has 1 aromatic rings. The number of rotatable bonds is 1. The number of nitrogens with zero attached hydrogens (tertiary/aromatic N) is 1. The first-order chi connectivity index (χ1) is 5.36. The predicted octanol–water partition coefficient (Wildman–Crippen LogP) is 1.04. The highest BCUT2D eigenvalue weighted by Gasteiger charge is 2.20. The van der Waals surface area contributed by atoms with Crippen molar-refractivity contribution < 1.29 is 0 Å². The number of hydrogen-bond donors (Lipinski definition) is 1. The maximum Gasteiger partial charge on any atom is 0.345 e. The van der Waals surface area contributed by atoms with Gasteiger partial charge in [0.2, 0.25) is 0 Å². The van der Waals surface area contributed by atoms with Gasteiger partial charge in [-0.05, 0) is 18.9 Å². The third kappa shape index (κ3) is 1.18. The minimum absolute atomic E-state index is 0.227. The van der Waals surface area contributed by atoms with Crippen LogP contribution in [0.2, 0.25) is 0 Å². The molecule has 0 bridgehead atoms. The summed E-state index contributed by atoms with van der Waals surface area (Å²) in [7, 11) is 0. The number of aromatic nitrogens is 2. The zero-order valence-electron chi connectivity index (χ0n) is 6.21. The van der Waals surface area contributed by atoms with Gasteiger partial charge in [0, 0.05) is 12.1 Å². The highest BCUT2D eigenvalue weighted by atomic mass is 16.1. The van der Waals surface area contributed by atoms with E-state index in [2.05, 4.69) is 9.97 Å². The Hall–Kier alpha value is -1.12. The van der Waals surface area contributed by atoms with Crippen molar-refractivity contribution in [3.05, 3.63) is 28.4 Å². The van der Waals surface area contributed by atoms with Crippen molar-refractivity contribution in [2.24, 2.45) is 0 Å². The fraction of sp³-hybridized carbons (Fsp3) is 0.500. The van der Waals surface area contributed by atoms with Crippen LogP contribution in [0.15, 0.2) is 17.1 Å². The Balaban J connectivity index is 2.30. The largest absolute Gasteiger partial charge is 0.345 e. The lowest BCUT2D eigenvalue weighted by Gasteiger charge is -2.23. The Morgan fingerprint density at radius 2 is 2.36 bits per heavy atom. The summed E-state index contributed by atoms with van der Waals surface area (Å²) in [6.07, 6.45) is 5.33. The lowest BCUT2D eigenvalue weighted by molar-refractivity contribution is 0.409. The predicted molar refractivity (Wildman–Crippen MR) is 41.4 cm³/mol. The second-order valence-corrected chi connectivity index (χ2v) is 2.95. The molecule has 0 aliphatic heterocycles. The van der Waals surface area contributed by atoms with Gasteiger partial charge in [0.25, 0.3) is 0 Å². The molecule has 1 aliphatic carbocycles. The van der Waals surface area contributed by atoms with Gasteiger partial charge in [-0.15, -0.1) is 0 Å². The molecule has 1 fully saturated rings. The maximum absolute atomic E-state index is 10.8. The normalized spacial score (nSPS) is 17.8. The first-order valence-corrected chi connectivity index (χ1v) is 3.92. The molecule has 1 aliphatic rings. The van der Waals surface area contributed by atoms with E-state index in [0.717, 1.165) is 5.69 Å². The van der Waals surface area contributed by atoms with Crippen LogP contribution < -0.4 is 5.69 Å². The minimum atomic E-state index is -0.227. The summed E-state index contributed by atoms with van der Waals surface area (Å²) in [4.78, 5) is 17.2. The molecule has 0 aromatic carbocycles. The summed E-state index contributed by atoms with van der Waals surface area (Å²) >= 11 is 0. The van der Waals surface area contributed by atoms with Crippen molar-refractivity contribution in [3.63, 3.8) is 0 Å². The second-order valence-electron chi connectivity index (χ2n) is 2.95. The Morgan fingerprint density at radius 3 is 2.91 bits per heavy atom. The average molecular weight is 150 g/mol. The van der Waals surface area contributed by atoms with Crippen LogP contribution in [0.4, 0.5) is 0 Å². The topological polar surface area (TPSA) is 45.8 Å². The summed E-state index contributed by atoms with van der Waals surface area (Å²) in [5.41, 5.74) is 0.731. The molecule has 0 saturated heterocycles. The molecule has 0 atom stereocenters. The summed E-state index contributed by atoms with van der Waals surface area (Å²) < 4.78 is 0. The quantitative estimate of drug-likeness (QED) is 0.650.